The minimum atomic E-state index is -3.52. The summed E-state index contributed by atoms with van der Waals surface area (Å²) >= 11 is 0. The molecule has 27 heavy (non-hydrogen) atoms. The summed E-state index contributed by atoms with van der Waals surface area (Å²) in [5.41, 5.74) is 1.21. The molecule has 0 bridgehead atoms. The maximum absolute atomic E-state index is 13.9. The molecule has 2 aromatic carbocycles. The van der Waals surface area contributed by atoms with E-state index in [2.05, 4.69) is 10.0 Å². The van der Waals surface area contributed by atoms with Crippen molar-refractivity contribution in [3.8, 4) is 0 Å². The van der Waals surface area contributed by atoms with Gasteiger partial charge in [0.2, 0.25) is 15.9 Å². The highest BCUT2D eigenvalue weighted by Gasteiger charge is 2.29. The molecule has 1 saturated heterocycles. The van der Waals surface area contributed by atoms with Crippen molar-refractivity contribution in [3.05, 3.63) is 59.9 Å². The number of benzene rings is 2. The molecule has 144 valence electrons. The molecule has 0 aliphatic carbocycles. The molecule has 2 N–H and O–H groups in total. The number of carbonyl (C=O) groups is 1. The third kappa shape index (κ3) is 4.45. The fraction of sp³-hybridized carbons (Fsp3) is 0.316. The summed E-state index contributed by atoms with van der Waals surface area (Å²) < 4.78 is 39.9. The lowest BCUT2D eigenvalue weighted by molar-refractivity contribution is -0.124. The molecule has 0 saturated carbocycles. The summed E-state index contributed by atoms with van der Waals surface area (Å²) in [5, 5.41) is 2.85. The van der Waals surface area contributed by atoms with E-state index in [4.69, 9.17) is 0 Å². The first-order valence-electron chi connectivity index (χ1n) is 8.70. The molecule has 1 fully saturated rings. The predicted octanol–water partition coefficient (Wildman–Crippen LogP) is 1.88. The van der Waals surface area contributed by atoms with Crippen molar-refractivity contribution in [1.82, 2.24) is 10.0 Å². The van der Waals surface area contributed by atoms with Crippen LogP contribution < -0.4 is 14.9 Å². The zero-order valence-electron chi connectivity index (χ0n) is 15.0. The van der Waals surface area contributed by atoms with Crippen molar-refractivity contribution < 1.29 is 17.6 Å². The average Bonchev–Trinajstić information content (AvgIpc) is 3.17. The molecular weight excluding hydrogens is 369 g/mol. The number of rotatable bonds is 6. The highest BCUT2D eigenvalue weighted by molar-refractivity contribution is 7.89. The van der Waals surface area contributed by atoms with Crippen LogP contribution in [0.3, 0.4) is 0 Å². The largest absolute Gasteiger partial charge is 0.368 e. The number of carbonyl (C=O) groups excluding carboxylic acids is 1. The fourth-order valence-electron chi connectivity index (χ4n) is 3.18. The van der Waals surface area contributed by atoms with Crippen LogP contribution in [0.1, 0.15) is 12.0 Å². The second-order valence-corrected chi connectivity index (χ2v) is 8.34. The van der Waals surface area contributed by atoms with Gasteiger partial charge < -0.3 is 10.2 Å². The van der Waals surface area contributed by atoms with E-state index in [1.807, 2.05) is 4.90 Å². The van der Waals surface area contributed by atoms with E-state index < -0.39 is 10.0 Å². The van der Waals surface area contributed by atoms with Gasteiger partial charge in [-0.05, 0) is 43.3 Å². The number of halogens is 1. The monoisotopic (exact) mass is 391 g/mol. The summed E-state index contributed by atoms with van der Waals surface area (Å²) in [6.07, 6.45) is 0.647. The first kappa shape index (κ1) is 19.3. The highest BCUT2D eigenvalue weighted by atomic mass is 32.2. The Morgan fingerprint density at radius 2 is 2.00 bits per heavy atom. The second-order valence-electron chi connectivity index (χ2n) is 6.46. The van der Waals surface area contributed by atoms with Crippen LogP contribution in [-0.4, -0.2) is 34.5 Å². The van der Waals surface area contributed by atoms with Crippen LogP contribution in [0.2, 0.25) is 0 Å². The molecule has 1 amide bonds. The number of nitrogens with zero attached hydrogens (tertiary/aromatic N) is 1. The van der Waals surface area contributed by atoms with Crippen LogP contribution in [0, 0.1) is 11.7 Å². The van der Waals surface area contributed by atoms with Crippen molar-refractivity contribution >= 4 is 21.6 Å². The molecule has 3 rings (SSSR count). The van der Waals surface area contributed by atoms with E-state index in [0.29, 0.717) is 30.8 Å². The first-order chi connectivity index (χ1) is 12.9. The number of anilines is 1. The summed E-state index contributed by atoms with van der Waals surface area (Å²) in [7, 11) is -2.17. The van der Waals surface area contributed by atoms with Gasteiger partial charge in [-0.3, -0.25) is 4.79 Å². The standard InChI is InChI=1S/C19H22FN3O3S/c1-21-27(25,26)16-6-4-5-14(11-16)12-22-19(24)15-9-10-23(13-15)18-8-3-2-7-17(18)20/h2-8,11,15,21H,9-10,12-13H2,1H3,(H,22,24). The van der Waals surface area contributed by atoms with Gasteiger partial charge in [0.05, 0.1) is 16.5 Å². The lowest BCUT2D eigenvalue weighted by atomic mass is 10.1. The van der Waals surface area contributed by atoms with Gasteiger partial charge in [0.25, 0.3) is 0 Å². The number of hydrogen-bond donors (Lipinski definition) is 2. The molecule has 0 spiro atoms. The van der Waals surface area contributed by atoms with E-state index in [9.17, 15) is 17.6 Å². The maximum atomic E-state index is 13.9. The minimum absolute atomic E-state index is 0.115. The van der Waals surface area contributed by atoms with Crippen LogP contribution >= 0.6 is 0 Å². The van der Waals surface area contributed by atoms with Gasteiger partial charge in [-0.15, -0.1) is 0 Å². The highest BCUT2D eigenvalue weighted by Crippen LogP contribution is 2.26. The average molecular weight is 391 g/mol. The normalized spacial score (nSPS) is 17.1. The van der Waals surface area contributed by atoms with Crippen molar-refractivity contribution in [2.75, 3.05) is 25.0 Å². The molecule has 8 heteroatoms. The molecule has 0 aromatic heterocycles. The smallest absolute Gasteiger partial charge is 0.240 e. The summed E-state index contributed by atoms with van der Waals surface area (Å²) in [5.74, 6) is -0.634. The van der Waals surface area contributed by atoms with Crippen LogP contribution in [0.5, 0.6) is 0 Å². The Morgan fingerprint density at radius 1 is 1.22 bits per heavy atom. The van der Waals surface area contributed by atoms with Gasteiger partial charge in [0.1, 0.15) is 5.82 Å². The lowest BCUT2D eigenvalue weighted by Gasteiger charge is -2.19. The Hall–Kier alpha value is -2.45. The second kappa shape index (κ2) is 8.06. The number of hydrogen-bond acceptors (Lipinski definition) is 4. The van der Waals surface area contributed by atoms with E-state index in [0.717, 1.165) is 0 Å². The molecule has 2 aromatic rings. The predicted molar refractivity (Wildman–Crippen MR) is 101 cm³/mol. The third-order valence-electron chi connectivity index (χ3n) is 4.70. The van der Waals surface area contributed by atoms with Gasteiger partial charge in [-0.1, -0.05) is 24.3 Å². The molecular formula is C19H22FN3O3S. The van der Waals surface area contributed by atoms with Gasteiger partial charge in [0, 0.05) is 19.6 Å². The zero-order valence-corrected chi connectivity index (χ0v) is 15.8. The molecule has 1 aliphatic rings. The summed E-state index contributed by atoms with van der Waals surface area (Å²) in [4.78, 5) is 14.5. The Morgan fingerprint density at radius 3 is 2.74 bits per heavy atom. The fourth-order valence-corrected chi connectivity index (χ4v) is 3.98. The van der Waals surface area contributed by atoms with Crippen LogP contribution in [0.25, 0.3) is 0 Å². The Labute approximate surface area is 158 Å². The Bertz CT molecular complexity index is 933. The van der Waals surface area contributed by atoms with E-state index in [1.54, 1.807) is 30.3 Å². The van der Waals surface area contributed by atoms with Gasteiger partial charge in [-0.2, -0.15) is 0 Å². The van der Waals surface area contributed by atoms with E-state index in [1.165, 1.54) is 25.2 Å². The van der Waals surface area contributed by atoms with E-state index in [-0.39, 0.29) is 29.1 Å². The summed E-state index contributed by atoms with van der Waals surface area (Å²) in [6, 6.07) is 13.0. The molecule has 1 unspecified atom stereocenters. The molecule has 1 atom stereocenters. The Kier molecular flexibility index (Phi) is 5.76. The molecule has 1 aliphatic heterocycles. The third-order valence-corrected chi connectivity index (χ3v) is 6.11. The molecule has 0 radical (unpaired) electrons. The van der Waals surface area contributed by atoms with Gasteiger partial charge in [0.15, 0.2) is 0 Å². The quantitative estimate of drug-likeness (QED) is 0.788. The number of amides is 1. The van der Waals surface area contributed by atoms with Crippen LogP contribution in [0.4, 0.5) is 10.1 Å². The first-order valence-corrected chi connectivity index (χ1v) is 10.2. The van der Waals surface area contributed by atoms with E-state index >= 15 is 0 Å². The maximum Gasteiger partial charge on any atom is 0.240 e. The zero-order chi connectivity index (χ0) is 19.4. The molecule has 1 heterocycles. The topological polar surface area (TPSA) is 78.5 Å². The van der Waals surface area contributed by atoms with Crippen molar-refractivity contribution in [1.29, 1.82) is 0 Å². The van der Waals surface area contributed by atoms with Crippen molar-refractivity contribution in [3.63, 3.8) is 0 Å². The number of nitrogens with one attached hydrogen (secondary N) is 2. The number of sulfonamides is 1. The summed E-state index contributed by atoms with van der Waals surface area (Å²) in [6.45, 7) is 1.32. The van der Waals surface area contributed by atoms with Gasteiger partial charge in [-0.25, -0.2) is 17.5 Å². The van der Waals surface area contributed by atoms with Crippen LogP contribution in [0.15, 0.2) is 53.4 Å². The van der Waals surface area contributed by atoms with Crippen molar-refractivity contribution in [2.45, 2.75) is 17.9 Å². The minimum Gasteiger partial charge on any atom is -0.368 e. The number of para-hydroxylation sites is 1. The van der Waals surface area contributed by atoms with Crippen LogP contribution in [-0.2, 0) is 21.4 Å². The Balaban J connectivity index is 1.59. The molecule has 6 nitrogen and oxygen atoms in total. The van der Waals surface area contributed by atoms with Gasteiger partial charge >= 0.3 is 0 Å². The lowest BCUT2D eigenvalue weighted by Crippen LogP contribution is -2.32. The SMILES string of the molecule is CNS(=O)(=O)c1cccc(CNC(=O)C2CCN(c3ccccc3F)C2)c1. The van der Waals surface area contributed by atoms with Crippen molar-refractivity contribution in [2.24, 2.45) is 5.92 Å².